The zero-order chi connectivity index (χ0) is 14.0. The van der Waals surface area contributed by atoms with E-state index in [9.17, 15) is 0 Å². The number of rotatable bonds is 3. The lowest BCUT2D eigenvalue weighted by Gasteiger charge is -2.39. The minimum absolute atomic E-state index is 0.240. The molecule has 2 N–H and O–H groups in total. The highest BCUT2D eigenvalue weighted by Crippen LogP contribution is 2.34. The highest BCUT2D eigenvalue weighted by atomic mass is 15.1. The summed E-state index contributed by atoms with van der Waals surface area (Å²) in [5.74, 6) is 0.894. The van der Waals surface area contributed by atoms with Crippen LogP contribution >= 0.6 is 0 Å². The molecule has 1 heterocycles. The van der Waals surface area contributed by atoms with Crippen LogP contribution in [0.4, 0.5) is 0 Å². The van der Waals surface area contributed by atoms with E-state index >= 15 is 0 Å². The Morgan fingerprint density at radius 2 is 1.56 bits per heavy atom. The normalized spacial score (nSPS) is 22.2. The number of likely N-dealkylation sites (tertiary alicyclic amines) is 1. The average Bonchev–Trinajstić information content (AvgIpc) is 2.24. The molecule has 0 radical (unpaired) electrons. The van der Waals surface area contributed by atoms with E-state index in [1.807, 2.05) is 0 Å². The van der Waals surface area contributed by atoms with Crippen LogP contribution in [0.25, 0.3) is 0 Å². The Morgan fingerprint density at radius 1 is 1.06 bits per heavy atom. The predicted octanol–water partition coefficient (Wildman–Crippen LogP) is 3.51. The third-order valence-corrected chi connectivity index (χ3v) is 4.68. The predicted molar refractivity (Wildman–Crippen MR) is 80.7 cm³/mol. The maximum atomic E-state index is 6.24. The van der Waals surface area contributed by atoms with Crippen molar-refractivity contribution in [2.45, 2.75) is 66.8 Å². The SMILES string of the molecule is CC(C)(C)C(N)CCN1CCC(C(C)(C)C)CC1. The van der Waals surface area contributed by atoms with Gasteiger partial charge in [0.25, 0.3) is 0 Å². The molecule has 0 aromatic heterocycles. The van der Waals surface area contributed by atoms with Crippen LogP contribution in [-0.2, 0) is 0 Å². The van der Waals surface area contributed by atoms with E-state index in [4.69, 9.17) is 5.73 Å². The molecule has 0 aromatic rings. The summed E-state index contributed by atoms with van der Waals surface area (Å²) in [6, 6.07) is 0.317. The molecule has 1 rings (SSSR count). The lowest BCUT2D eigenvalue weighted by atomic mass is 9.75. The molecule has 1 atom stereocenters. The summed E-state index contributed by atoms with van der Waals surface area (Å²) in [5.41, 5.74) is 6.96. The second kappa shape index (κ2) is 5.92. The van der Waals surface area contributed by atoms with E-state index < -0.39 is 0 Å². The van der Waals surface area contributed by atoms with Gasteiger partial charge in [0.2, 0.25) is 0 Å². The van der Waals surface area contributed by atoms with Gasteiger partial charge in [0, 0.05) is 6.04 Å². The molecule has 0 bridgehead atoms. The molecule has 108 valence electrons. The minimum Gasteiger partial charge on any atom is -0.327 e. The highest BCUT2D eigenvalue weighted by molar-refractivity contribution is 4.82. The fourth-order valence-corrected chi connectivity index (χ4v) is 2.78. The first kappa shape index (κ1) is 16.0. The second-order valence-corrected chi connectivity index (χ2v) is 8.24. The van der Waals surface area contributed by atoms with Crippen LogP contribution in [0.2, 0.25) is 0 Å². The molecule has 2 nitrogen and oxygen atoms in total. The maximum Gasteiger partial charge on any atom is 0.00998 e. The molecule has 0 amide bonds. The Bertz CT molecular complexity index is 239. The standard InChI is InChI=1S/C16H34N2/c1-15(2,3)13-7-10-18(11-8-13)12-9-14(17)16(4,5)6/h13-14H,7-12,17H2,1-6H3. The van der Waals surface area contributed by atoms with Crippen LogP contribution in [-0.4, -0.2) is 30.6 Å². The minimum atomic E-state index is 0.240. The van der Waals surface area contributed by atoms with Crippen molar-refractivity contribution in [3.05, 3.63) is 0 Å². The Hall–Kier alpha value is -0.0800. The maximum absolute atomic E-state index is 6.24. The summed E-state index contributed by atoms with van der Waals surface area (Å²) >= 11 is 0. The zero-order valence-electron chi connectivity index (χ0n) is 13.4. The summed E-state index contributed by atoms with van der Waals surface area (Å²) in [4.78, 5) is 2.60. The summed E-state index contributed by atoms with van der Waals surface area (Å²) in [6.07, 6.45) is 3.84. The van der Waals surface area contributed by atoms with E-state index in [1.54, 1.807) is 0 Å². The van der Waals surface area contributed by atoms with Crippen molar-refractivity contribution in [3.63, 3.8) is 0 Å². The Morgan fingerprint density at radius 3 is 1.94 bits per heavy atom. The molecule has 1 saturated heterocycles. The third-order valence-electron chi connectivity index (χ3n) is 4.68. The molecular formula is C16H34N2. The molecule has 2 heteroatoms. The number of nitrogens with zero attached hydrogens (tertiary/aromatic N) is 1. The molecule has 1 aliphatic heterocycles. The number of hydrogen-bond acceptors (Lipinski definition) is 2. The van der Waals surface area contributed by atoms with Crippen molar-refractivity contribution in [1.29, 1.82) is 0 Å². The zero-order valence-corrected chi connectivity index (χ0v) is 13.4. The molecule has 1 fully saturated rings. The van der Waals surface area contributed by atoms with Gasteiger partial charge in [-0.3, -0.25) is 0 Å². The molecule has 1 aliphatic rings. The molecule has 0 aliphatic carbocycles. The van der Waals surface area contributed by atoms with Gasteiger partial charge in [-0.2, -0.15) is 0 Å². The van der Waals surface area contributed by atoms with Crippen LogP contribution < -0.4 is 5.73 Å². The van der Waals surface area contributed by atoms with Gasteiger partial charge in [0.1, 0.15) is 0 Å². The van der Waals surface area contributed by atoms with Crippen molar-refractivity contribution in [1.82, 2.24) is 4.90 Å². The van der Waals surface area contributed by atoms with Crippen molar-refractivity contribution in [2.24, 2.45) is 22.5 Å². The van der Waals surface area contributed by atoms with Crippen molar-refractivity contribution in [2.75, 3.05) is 19.6 Å². The highest BCUT2D eigenvalue weighted by Gasteiger charge is 2.29. The topological polar surface area (TPSA) is 29.3 Å². The van der Waals surface area contributed by atoms with Gasteiger partial charge in [-0.15, -0.1) is 0 Å². The van der Waals surface area contributed by atoms with Crippen LogP contribution in [0.1, 0.15) is 60.8 Å². The lowest BCUT2D eigenvalue weighted by molar-refractivity contribution is 0.106. The van der Waals surface area contributed by atoms with Gasteiger partial charge in [-0.1, -0.05) is 41.5 Å². The molecule has 18 heavy (non-hydrogen) atoms. The van der Waals surface area contributed by atoms with Crippen molar-refractivity contribution in [3.8, 4) is 0 Å². The quantitative estimate of drug-likeness (QED) is 0.835. The third kappa shape index (κ3) is 4.89. The van der Waals surface area contributed by atoms with Gasteiger partial charge in [0.05, 0.1) is 0 Å². The molecule has 0 aromatic carbocycles. The number of hydrogen-bond donors (Lipinski definition) is 1. The Kier molecular flexibility index (Phi) is 5.25. The van der Waals surface area contributed by atoms with Gasteiger partial charge in [-0.05, 0) is 55.6 Å². The van der Waals surface area contributed by atoms with Crippen LogP contribution in [0, 0.1) is 16.7 Å². The molecule has 0 spiro atoms. The Labute approximate surface area is 114 Å². The first-order chi connectivity index (χ1) is 8.10. The first-order valence-electron chi connectivity index (χ1n) is 7.58. The number of nitrogens with two attached hydrogens (primary N) is 1. The second-order valence-electron chi connectivity index (χ2n) is 8.24. The van der Waals surface area contributed by atoms with E-state index in [0.717, 1.165) is 12.3 Å². The molecule has 0 saturated carbocycles. The van der Waals surface area contributed by atoms with Crippen LogP contribution in [0.3, 0.4) is 0 Å². The van der Waals surface area contributed by atoms with Gasteiger partial charge in [-0.25, -0.2) is 0 Å². The smallest absolute Gasteiger partial charge is 0.00998 e. The molecular weight excluding hydrogens is 220 g/mol. The fourth-order valence-electron chi connectivity index (χ4n) is 2.78. The fraction of sp³-hybridized carbons (Fsp3) is 1.00. The first-order valence-corrected chi connectivity index (χ1v) is 7.58. The van der Waals surface area contributed by atoms with Crippen LogP contribution in [0.5, 0.6) is 0 Å². The lowest BCUT2D eigenvalue weighted by Crippen LogP contribution is -2.42. The van der Waals surface area contributed by atoms with Gasteiger partial charge in [0.15, 0.2) is 0 Å². The number of piperidine rings is 1. The van der Waals surface area contributed by atoms with Crippen molar-refractivity contribution < 1.29 is 0 Å². The van der Waals surface area contributed by atoms with Gasteiger partial charge < -0.3 is 10.6 Å². The van der Waals surface area contributed by atoms with E-state index in [-0.39, 0.29) is 5.41 Å². The summed E-state index contributed by atoms with van der Waals surface area (Å²) in [5, 5.41) is 0. The van der Waals surface area contributed by atoms with E-state index in [1.165, 1.54) is 32.5 Å². The van der Waals surface area contributed by atoms with Gasteiger partial charge >= 0.3 is 0 Å². The summed E-state index contributed by atoms with van der Waals surface area (Å²) in [6.45, 7) is 17.6. The molecule has 1 unspecified atom stereocenters. The Balaban J connectivity index is 2.28. The van der Waals surface area contributed by atoms with Crippen LogP contribution in [0.15, 0.2) is 0 Å². The summed E-state index contributed by atoms with van der Waals surface area (Å²) in [7, 11) is 0. The monoisotopic (exact) mass is 254 g/mol. The van der Waals surface area contributed by atoms with E-state index in [2.05, 4.69) is 46.4 Å². The van der Waals surface area contributed by atoms with Crippen molar-refractivity contribution >= 4 is 0 Å². The summed E-state index contributed by atoms with van der Waals surface area (Å²) < 4.78 is 0. The average molecular weight is 254 g/mol. The largest absolute Gasteiger partial charge is 0.327 e. The van der Waals surface area contributed by atoms with E-state index in [0.29, 0.717) is 11.5 Å².